The van der Waals surface area contributed by atoms with E-state index in [0.717, 1.165) is 31.3 Å². The number of ketones is 1. The normalized spacial score (nSPS) is 25.0. The van der Waals surface area contributed by atoms with E-state index in [9.17, 15) is 4.79 Å². The van der Waals surface area contributed by atoms with Gasteiger partial charge in [-0.2, -0.15) is 0 Å². The number of rotatable bonds is 3. The fourth-order valence-corrected chi connectivity index (χ4v) is 1.55. The van der Waals surface area contributed by atoms with E-state index in [1.165, 1.54) is 0 Å². The summed E-state index contributed by atoms with van der Waals surface area (Å²) in [7, 11) is 0. The van der Waals surface area contributed by atoms with Crippen molar-refractivity contribution in [1.82, 2.24) is 0 Å². The van der Waals surface area contributed by atoms with Crippen LogP contribution in [0.25, 0.3) is 0 Å². The van der Waals surface area contributed by atoms with E-state index in [0.29, 0.717) is 5.78 Å². The minimum Gasteiger partial charge on any atom is -0.392 e. The molecule has 1 fully saturated rings. The standard InChI is InChI=1S/C10H16O2/c1-8(7-11)5-6-9-3-2-4-10(9)12/h5,9,11H,2-4,6-7H2,1H3/b8-5-. The molecule has 0 aromatic carbocycles. The summed E-state index contributed by atoms with van der Waals surface area (Å²) in [6, 6.07) is 0. The van der Waals surface area contributed by atoms with E-state index in [4.69, 9.17) is 5.11 Å². The van der Waals surface area contributed by atoms with E-state index in [1.54, 1.807) is 0 Å². The van der Waals surface area contributed by atoms with Gasteiger partial charge < -0.3 is 5.11 Å². The molecule has 1 aliphatic carbocycles. The van der Waals surface area contributed by atoms with Gasteiger partial charge in [-0.3, -0.25) is 4.79 Å². The Labute approximate surface area is 73.3 Å². The van der Waals surface area contributed by atoms with Crippen LogP contribution in [0, 0.1) is 5.92 Å². The quantitative estimate of drug-likeness (QED) is 0.651. The Balaban J connectivity index is 2.36. The highest BCUT2D eigenvalue weighted by Crippen LogP contribution is 2.24. The Morgan fingerprint density at radius 2 is 2.50 bits per heavy atom. The lowest BCUT2D eigenvalue weighted by Crippen LogP contribution is -2.04. The highest BCUT2D eigenvalue weighted by Gasteiger charge is 2.22. The molecular weight excluding hydrogens is 152 g/mol. The maximum Gasteiger partial charge on any atom is 0.136 e. The molecule has 2 heteroatoms. The Morgan fingerprint density at radius 3 is 3.00 bits per heavy atom. The molecule has 1 rings (SSSR count). The van der Waals surface area contributed by atoms with Crippen molar-refractivity contribution in [2.75, 3.05) is 6.61 Å². The number of aliphatic hydroxyl groups is 1. The van der Waals surface area contributed by atoms with Gasteiger partial charge in [0.2, 0.25) is 0 Å². The first kappa shape index (κ1) is 9.46. The van der Waals surface area contributed by atoms with Crippen molar-refractivity contribution in [1.29, 1.82) is 0 Å². The van der Waals surface area contributed by atoms with Gasteiger partial charge in [-0.25, -0.2) is 0 Å². The summed E-state index contributed by atoms with van der Waals surface area (Å²) < 4.78 is 0. The van der Waals surface area contributed by atoms with Gasteiger partial charge in [0.15, 0.2) is 0 Å². The SMILES string of the molecule is C/C(=C/CC1CCCC1=O)CO. The molecular formula is C10H16O2. The van der Waals surface area contributed by atoms with E-state index in [1.807, 2.05) is 13.0 Å². The molecule has 1 aliphatic rings. The second-order valence-electron chi connectivity index (χ2n) is 3.50. The third kappa shape index (κ3) is 2.45. The lowest BCUT2D eigenvalue weighted by atomic mass is 10.0. The number of carbonyl (C=O) groups is 1. The number of Topliss-reactive ketones (excluding diaryl/α,β-unsaturated/α-hetero) is 1. The number of hydrogen-bond acceptors (Lipinski definition) is 2. The molecule has 1 atom stereocenters. The molecule has 68 valence electrons. The van der Waals surface area contributed by atoms with Gasteiger partial charge in [0.05, 0.1) is 6.61 Å². The van der Waals surface area contributed by atoms with Crippen LogP contribution in [0.1, 0.15) is 32.6 Å². The molecule has 0 spiro atoms. The summed E-state index contributed by atoms with van der Waals surface area (Å²) in [6.45, 7) is 2.00. The summed E-state index contributed by atoms with van der Waals surface area (Å²) >= 11 is 0. The van der Waals surface area contributed by atoms with Gasteiger partial charge in [-0.15, -0.1) is 0 Å². The van der Waals surface area contributed by atoms with Crippen LogP contribution < -0.4 is 0 Å². The minimum atomic E-state index is 0.112. The van der Waals surface area contributed by atoms with Crippen LogP contribution in [0.3, 0.4) is 0 Å². The van der Waals surface area contributed by atoms with Crippen molar-refractivity contribution < 1.29 is 9.90 Å². The number of carbonyl (C=O) groups excluding carboxylic acids is 1. The Bertz CT molecular complexity index is 194. The predicted octanol–water partition coefficient (Wildman–Crippen LogP) is 1.68. The number of aliphatic hydroxyl groups excluding tert-OH is 1. The third-order valence-electron chi connectivity index (χ3n) is 2.43. The molecule has 1 saturated carbocycles. The fourth-order valence-electron chi connectivity index (χ4n) is 1.55. The van der Waals surface area contributed by atoms with Gasteiger partial charge in [-0.1, -0.05) is 11.6 Å². The minimum absolute atomic E-state index is 0.112. The average Bonchev–Trinajstić information content (AvgIpc) is 2.47. The van der Waals surface area contributed by atoms with Crippen LogP contribution in [-0.4, -0.2) is 17.5 Å². The maximum absolute atomic E-state index is 11.2. The fraction of sp³-hybridized carbons (Fsp3) is 0.700. The lowest BCUT2D eigenvalue weighted by molar-refractivity contribution is -0.120. The van der Waals surface area contributed by atoms with Crippen LogP contribution in [0.2, 0.25) is 0 Å². The topological polar surface area (TPSA) is 37.3 Å². The average molecular weight is 168 g/mol. The van der Waals surface area contributed by atoms with Gasteiger partial charge in [0.1, 0.15) is 5.78 Å². The highest BCUT2D eigenvalue weighted by molar-refractivity contribution is 5.82. The van der Waals surface area contributed by atoms with Crippen LogP contribution in [0.4, 0.5) is 0 Å². The van der Waals surface area contributed by atoms with Crippen molar-refractivity contribution >= 4 is 5.78 Å². The molecule has 0 aliphatic heterocycles. The second kappa shape index (κ2) is 4.41. The summed E-state index contributed by atoms with van der Waals surface area (Å²) in [5, 5.41) is 8.72. The molecule has 0 heterocycles. The molecule has 0 radical (unpaired) electrons. The predicted molar refractivity (Wildman–Crippen MR) is 47.8 cm³/mol. The van der Waals surface area contributed by atoms with Crippen LogP contribution in [0.5, 0.6) is 0 Å². The van der Waals surface area contributed by atoms with Gasteiger partial charge in [0.25, 0.3) is 0 Å². The first-order chi connectivity index (χ1) is 5.74. The van der Waals surface area contributed by atoms with Crippen molar-refractivity contribution in [2.24, 2.45) is 5.92 Å². The van der Waals surface area contributed by atoms with Gasteiger partial charge >= 0.3 is 0 Å². The number of hydrogen-bond donors (Lipinski definition) is 1. The first-order valence-electron chi connectivity index (χ1n) is 4.53. The van der Waals surface area contributed by atoms with Gasteiger partial charge in [-0.05, 0) is 26.2 Å². The lowest BCUT2D eigenvalue weighted by Gasteiger charge is -2.03. The molecule has 2 nitrogen and oxygen atoms in total. The monoisotopic (exact) mass is 168 g/mol. The molecule has 0 bridgehead atoms. The van der Waals surface area contributed by atoms with Crippen molar-refractivity contribution in [3.05, 3.63) is 11.6 Å². The number of allylic oxidation sites excluding steroid dienone is 1. The second-order valence-corrected chi connectivity index (χ2v) is 3.50. The smallest absolute Gasteiger partial charge is 0.136 e. The van der Waals surface area contributed by atoms with Crippen LogP contribution in [0.15, 0.2) is 11.6 Å². The zero-order chi connectivity index (χ0) is 8.97. The summed E-state index contributed by atoms with van der Waals surface area (Å²) in [5.41, 5.74) is 0.967. The zero-order valence-corrected chi connectivity index (χ0v) is 7.55. The van der Waals surface area contributed by atoms with E-state index >= 15 is 0 Å². The van der Waals surface area contributed by atoms with Crippen LogP contribution in [-0.2, 0) is 4.79 Å². The van der Waals surface area contributed by atoms with Crippen LogP contribution >= 0.6 is 0 Å². The Morgan fingerprint density at radius 1 is 1.75 bits per heavy atom. The molecule has 1 unspecified atom stereocenters. The molecule has 0 amide bonds. The van der Waals surface area contributed by atoms with E-state index in [-0.39, 0.29) is 12.5 Å². The van der Waals surface area contributed by atoms with E-state index in [2.05, 4.69) is 0 Å². The molecule has 0 aromatic rings. The Hall–Kier alpha value is -0.630. The van der Waals surface area contributed by atoms with Crippen molar-refractivity contribution in [3.63, 3.8) is 0 Å². The molecule has 0 aromatic heterocycles. The summed E-state index contributed by atoms with van der Waals surface area (Å²) in [4.78, 5) is 11.2. The van der Waals surface area contributed by atoms with Gasteiger partial charge in [0, 0.05) is 12.3 Å². The molecule has 0 saturated heterocycles. The first-order valence-corrected chi connectivity index (χ1v) is 4.53. The zero-order valence-electron chi connectivity index (χ0n) is 7.55. The largest absolute Gasteiger partial charge is 0.392 e. The third-order valence-corrected chi connectivity index (χ3v) is 2.43. The van der Waals surface area contributed by atoms with Crippen molar-refractivity contribution in [2.45, 2.75) is 32.6 Å². The Kier molecular flexibility index (Phi) is 3.48. The van der Waals surface area contributed by atoms with E-state index < -0.39 is 0 Å². The highest BCUT2D eigenvalue weighted by atomic mass is 16.3. The summed E-state index contributed by atoms with van der Waals surface area (Å²) in [5.74, 6) is 0.642. The molecule has 12 heavy (non-hydrogen) atoms. The summed E-state index contributed by atoms with van der Waals surface area (Å²) in [6.07, 6.45) is 5.65. The molecule has 1 N–H and O–H groups in total. The maximum atomic E-state index is 11.2. The van der Waals surface area contributed by atoms with Crippen molar-refractivity contribution in [3.8, 4) is 0 Å².